The van der Waals surface area contributed by atoms with E-state index in [1.54, 1.807) is 36.9 Å². The van der Waals surface area contributed by atoms with E-state index in [2.05, 4.69) is 50.8 Å². The zero-order valence-corrected chi connectivity index (χ0v) is 32.7. The number of piperazine rings is 1. The van der Waals surface area contributed by atoms with Crippen LogP contribution in [-0.2, 0) is 16.6 Å². The summed E-state index contributed by atoms with van der Waals surface area (Å²) in [5.41, 5.74) is 4.31. The summed E-state index contributed by atoms with van der Waals surface area (Å²) in [6.45, 7) is 14.1. The monoisotopic (exact) mass is 775 g/mol. The average molecular weight is 776 g/mol. The fourth-order valence-electron chi connectivity index (χ4n) is 6.84. The van der Waals surface area contributed by atoms with Crippen molar-refractivity contribution >= 4 is 40.9 Å². The number of rotatable bonds is 11. The number of carbonyl (C=O) groups excluding carboxylic acids is 3. The highest BCUT2D eigenvalue weighted by Gasteiger charge is 2.27. The van der Waals surface area contributed by atoms with Gasteiger partial charge in [-0.05, 0) is 67.3 Å². The van der Waals surface area contributed by atoms with Gasteiger partial charge < -0.3 is 20.1 Å². The molecule has 296 valence electrons. The Hall–Kier alpha value is -6.29. The molecular formula is C41H46FN11O4. The summed E-state index contributed by atoms with van der Waals surface area (Å²) >= 11 is 0. The first-order valence-electron chi connectivity index (χ1n) is 19.0. The second-order valence-electron chi connectivity index (χ2n) is 15.3. The lowest BCUT2D eigenvalue weighted by molar-refractivity contribution is -0.120. The maximum atomic E-state index is 15.8. The van der Waals surface area contributed by atoms with Crippen LogP contribution in [0.3, 0.4) is 0 Å². The first-order valence-corrected chi connectivity index (χ1v) is 19.0. The van der Waals surface area contributed by atoms with Crippen molar-refractivity contribution in [3.05, 3.63) is 101 Å². The molecule has 57 heavy (non-hydrogen) atoms. The minimum absolute atomic E-state index is 0.147. The zero-order chi connectivity index (χ0) is 40.3. The van der Waals surface area contributed by atoms with E-state index in [0.29, 0.717) is 52.8 Å². The van der Waals surface area contributed by atoms with Gasteiger partial charge in [0.25, 0.3) is 0 Å². The first kappa shape index (κ1) is 39.0. The lowest BCUT2D eigenvalue weighted by atomic mass is 9.96. The summed E-state index contributed by atoms with van der Waals surface area (Å²) in [4.78, 5) is 60.3. The van der Waals surface area contributed by atoms with Crippen LogP contribution in [-0.4, -0.2) is 87.1 Å². The van der Waals surface area contributed by atoms with Gasteiger partial charge in [0.2, 0.25) is 5.91 Å². The molecular weight excluding hydrogens is 730 g/mol. The van der Waals surface area contributed by atoms with Gasteiger partial charge in [-0.15, -0.1) is 0 Å². The predicted octanol–water partition coefficient (Wildman–Crippen LogP) is 5.71. The van der Waals surface area contributed by atoms with Crippen molar-refractivity contribution in [2.24, 2.45) is 0 Å². The number of pyridine rings is 1. The van der Waals surface area contributed by atoms with Crippen molar-refractivity contribution in [3.8, 4) is 11.3 Å². The molecule has 4 amide bonds. The molecule has 0 aliphatic carbocycles. The Kier molecular flexibility index (Phi) is 11.2. The van der Waals surface area contributed by atoms with Crippen LogP contribution in [0, 0.1) is 12.7 Å². The third-order valence-corrected chi connectivity index (χ3v) is 10.2. The van der Waals surface area contributed by atoms with Gasteiger partial charge >= 0.3 is 17.8 Å². The van der Waals surface area contributed by atoms with Gasteiger partial charge in [-0.3, -0.25) is 24.7 Å². The minimum Gasteiger partial charge on any atom is -0.368 e. The fraction of sp³-hybridized carbons (Fsp3) is 0.366. The Morgan fingerprint density at radius 2 is 1.70 bits per heavy atom. The summed E-state index contributed by atoms with van der Waals surface area (Å²) in [5, 5.41) is 12.3. The summed E-state index contributed by atoms with van der Waals surface area (Å²) in [7, 11) is 0. The average Bonchev–Trinajstić information content (AvgIpc) is 3.71. The highest BCUT2D eigenvalue weighted by Crippen LogP contribution is 2.30. The number of aromatic nitrogens is 5. The molecule has 3 N–H and O–H groups in total. The molecule has 3 aromatic heterocycles. The number of hydrogen-bond donors (Lipinski definition) is 3. The fourth-order valence-corrected chi connectivity index (χ4v) is 6.84. The molecule has 0 bridgehead atoms. The number of anilines is 4. The van der Waals surface area contributed by atoms with E-state index in [-0.39, 0.29) is 23.2 Å². The Labute approximate surface area is 330 Å². The molecule has 0 spiro atoms. The highest BCUT2D eigenvalue weighted by atomic mass is 19.1. The van der Waals surface area contributed by atoms with Crippen LogP contribution in [0.15, 0.2) is 71.6 Å². The molecule has 5 aromatic rings. The van der Waals surface area contributed by atoms with Crippen molar-refractivity contribution in [2.45, 2.75) is 58.9 Å². The maximum Gasteiger partial charge on any atom is 0.328 e. The standard InChI is InChI=1S/C41H46FN11O4/c1-25-30(26(2)46-37(55)38-49-39(50-57-38)41(3,4)5)11-12-31(36(25)42)32-22-34(45-24-44-32)47-33-13-10-29(23-43-33)52-20-18-51(19-21-52)16-14-27-6-8-28(9-7-27)53-17-15-35(54)48-40(53)56/h6-13,22-24,26H,14-21H2,1-5H3,(H,46,55)(H,48,54,56)(H,43,44,45,47). The highest BCUT2D eigenvalue weighted by molar-refractivity contribution is 6.05. The van der Waals surface area contributed by atoms with Crippen LogP contribution in [0.25, 0.3) is 11.3 Å². The van der Waals surface area contributed by atoms with Crippen molar-refractivity contribution < 1.29 is 23.3 Å². The molecule has 2 aliphatic rings. The van der Waals surface area contributed by atoms with Crippen LogP contribution in [0.4, 0.5) is 32.2 Å². The van der Waals surface area contributed by atoms with Crippen LogP contribution >= 0.6 is 0 Å². The third kappa shape index (κ3) is 9.07. The second kappa shape index (κ2) is 16.4. The van der Waals surface area contributed by atoms with E-state index in [0.717, 1.165) is 50.5 Å². The number of nitrogens with one attached hydrogen (secondary N) is 3. The number of urea groups is 1. The number of benzene rings is 2. The van der Waals surface area contributed by atoms with E-state index in [1.807, 2.05) is 63.4 Å². The largest absolute Gasteiger partial charge is 0.368 e. The number of hydrogen-bond acceptors (Lipinski definition) is 12. The summed E-state index contributed by atoms with van der Waals surface area (Å²) < 4.78 is 21.0. The molecule has 2 aromatic carbocycles. The van der Waals surface area contributed by atoms with Gasteiger partial charge in [-0.25, -0.2) is 24.1 Å². The third-order valence-electron chi connectivity index (χ3n) is 10.2. The van der Waals surface area contributed by atoms with Crippen molar-refractivity contribution in [1.29, 1.82) is 0 Å². The number of imide groups is 1. The molecule has 1 atom stereocenters. The number of amides is 4. The molecule has 5 heterocycles. The molecule has 1 unspecified atom stereocenters. The molecule has 2 saturated heterocycles. The van der Waals surface area contributed by atoms with Gasteiger partial charge in [-0.2, -0.15) is 4.98 Å². The van der Waals surface area contributed by atoms with E-state index in [9.17, 15) is 14.4 Å². The Balaban J connectivity index is 0.901. The quantitative estimate of drug-likeness (QED) is 0.149. The summed E-state index contributed by atoms with van der Waals surface area (Å²) in [6.07, 6.45) is 4.42. The van der Waals surface area contributed by atoms with Crippen LogP contribution in [0.2, 0.25) is 0 Å². The van der Waals surface area contributed by atoms with E-state index >= 15 is 4.39 Å². The van der Waals surface area contributed by atoms with Gasteiger partial charge in [0.1, 0.15) is 23.8 Å². The molecule has 2 aliphatic heterocycles. The van der Waals surface area contributed by atoms with E-state index in [4.69, 9.17) is 4.52 Å². The van der Waals surface area contributed by atoms with Crippen molar-refractivity contribution in [2.75, 3.05) is 54.4 Å². The summed E-state index contributed by atoms with van der Waals surface area (Å²) in [6, 6.07) is 16.1. The number of halogens is 1. The van der Waals surface area contributed by atoms with Gasteiger partial charge in [-0.1, -0.05) is 44.1 Å². The van der Waals surface area contributed by atoms with Crippen LogP contribution < -0.4 is 25.8 Å². The van der Waals surface area contributed by atoms with Crippen LogP contribution in [0.1, 0.15) is 73.4 Å². The van der Waals surface area contributed by atoms with E-state index in [1.165, 1.54) is 11.9 Å². The molecule has 2 fully saturated rings. The lowest BCUT2D eigenvalue weighted by Crippen LogP contribution is -2.49. The molecule has 0 radical (unpaired) electrons. The lowest BCUT2D eigenvalue weighted by Gasteiger charge is -2.36. The Bertz CT molecular complexity index is 2250. The van der Waals surface area contributed by atoms with Gasteiger partial charge in [0.15, 0.2) is 5.82 Å². The smallest absolute Gasteiger partial charge is 0.328 e. The number of carbonyl (C=O) groups is 3. The second-order valence-corrected chi connectivity index (χ2v) is 15.3. The number of nitrogens with zero attached hydrogens (tertiary/aromatic N) is 8. The predicted molar refractivity (Wildman–Crippen MR) is 213 cm³/mol. The topological polar surface area (TPSA) is 175 Å². The molecule has 16 heteroatoms. The Morgan fingerprint density at radius 1 is 0.947 bits per heavy atom. The van der Waals surface area contributed by atoms with Crippen LogP contribution in [0.5, 0.6) is 0 Å². The first-order chi connectivity index (χ1) is 27.3. The van der Waals surface area contributed by atoms with Gasteiger partial charge in [0.05, 0.1) is 23.6 Å². The normalized spacial score (nSPS) is 15.7. The minimum atomic E-state index is -0.537. The Morgan fingerprint density at radius 3 is 2.39 bits per heavy atom. The SMILES string of the molecule is Cc1c(C(C)NC(=O)c2nc(C(C)(C)C)no2)ccc(-c2cc(Nc3ccc(N4CCN(CCc5ccc(N6CCC(=O)NC6=O)cc5)CC4)cn3)ncn2)c1F. The zero-order valence-electron chi connectivity index (χ0n) is 32.7. The van der Waals surface area contributed by atoms with Gasteiger partial charge in [0, 0.05) is 68.4 Å². The molecule has 7 rings (SSSR count). The van der Waals surface area contributed by atoms with Crippen molar-refractivity contribution in [1.82, 2.24) is 40.6 Å². The van der Waals surface area contributed by atoms with Crippen molar-refractivity contribution in [3.63, 3.8) is 0 Å². The summed E-state index contributed by atoms with van der Waals surface area (Å²) in [5.74, 6) is 0.106. The van der Waals surface area contributed by atoms with E-state index < -0.39 is 17.8 Å². The molecule has 0 saturated carbocycles. The maximum absolute atomic E-state index is 15.8. The molecule has 15 nitrogen and oxygen atoms in total.